The van der Waals surface area contributed by atoms with Gasteiger partial charge >= 0.3 is 0 Å². The highest BCUT2D eigenvalue weighted by Crippen LogP contribution is 2.18. The molecule has 1 aromatic heterocycles. The molecule has 1 heterocycles. The predicted molar refractivity (Wildman–Crippen MR) is 65.7 cm³/mol. The first kappa shape index (κ1) is 12.6. The zero-order valence-corrected chi connectivity index (χ0v) is 10.7. The number of aromatic nitrogens is 1. The van der Waals surface area contributed by atoms with Gasteiger partial charge in [-0.1, -0.05) is 19.3 Å². The van der Waals surface area contributed by atoms with Crippen molar-refractivity contribution in [3.05, 3.63) is 17.3 Å². The lowest BCUT2D eigenvalue weighted by Gasteiger charge is -2.20. The summed E-state index contributed by atoms with van der Waals surface area (Å²) in [6.45, 7) is 4.48. The van der Waals surface area contributed by atoms with Crippen LogP contribution in [0.1, 0.15) is 49.4 Å². The van der Waals surface area contributed by atoms with Crippen LogP contribution in [0.4, 0.5) is 0 Å². The summed E-state index contributed by atoms with van der Waals surface area (Å²) >= 11 is 0. The third-order valence-electron chi connectivity index (χ3n) is 3.57. The molecule has 2 rings (SSSR count). The Morgan fingerprint density at radius 1 is 1.29 bits per heavy atom. The highest BCUT2D eigenvalue weighted by molar-refractivity contribution is 5.05. The number of aliphatic hydroxyl groups is 1. The van der Waals surface area contributed by atoms with Gasteiger partial charge in [-0.05, 0) is 26.7 Å². The minimum absolute atomic E-state index is 0.185. The molecular formula is C13H22N2O2. The lowest BCUT2D eigenvalue weighted by atomic mass is 10.1. The second kappa shape index (κ2) is 5.65. The summed E-state index contributed by atoms with van der Waals surface area (Å²) in [6.07, 6.45) is 5.28. The fraction of sp³-hybridized carbons (Fsp3) is 0.769. The monoisotopic (exact) mass is 238 g/mol. The van der Waals surface area contributed by atoms with Crippen LogP contribution in [0.25, 0.3) is 0 Å². The summed E-state index contributed by atoms with van der Waals surface area (Å²) in [4.78, 5) is 4.33. The van der Waals surface area contributed by atoms with Crippen molar-refractivity contribution in [2.75, 3.05) is 0 Å². The maximum atomic E-state index is 9.97. The lowest BCUT2D eigenvalue weighted by Crippen LogP contribution is -2.38. The molecule has 0 bridgehead atoms. The van der Waals surface area contributed by atoms with E-state index in [1.165, 1.54) is 12.8 Å². The molecule has 0 amide bonds. The smallest absolute Gasteiger partial charge is 0.208 e. The van der Waals surface area contributed by atoms with Gasteiger partial charge in [-0.15, -0.1) is 0 Å². The van der Waals surface area contributed by atoms with E-state index >= 15 is 0 Å². The van der Waals surface area contributed by atoms with E-state index in [4.69, 9.17) is 4.42 Å². The van der Waals surface area contributed by atoms with Crippen LogP contribution in [-0.4, -0.2) is 22.2 Å². The Hall–Kier alpha value is -0.870. The van der Waals surface area contributed by atoms with Gasteiger partial charge < -0.3 is 14.8 Å². The number of nitrogens with one attached hydrogen (secondary N) is 1. The summed E-state index contributed by atoms with van der Waals surface area (Å²) in [6, 6.07) is 0.185. The average molecular weight is 238 g/mol. The van der Waals surface area contributed by atoms with Crippen molar-refractivity contribution in [3.8, 4) is 0 Å². The Morgan fingerprint density at radius 2 is 2.06 bits per heavy atom. The van der Waals surface area contributed by atoms with Crippen molar-refractivity contribution < 1.29 is 9.52 Å². The molecule has 0 spiro atoms. The quantitative estimate of drug-likeness (QED) is 0.791. The minimum atomic E-state index is -0.227. The van der Waals surface area contributed by atoms with Crippen molar-refractivity contribution in [3.63, 3.8) is 0 Å². The van der Waals surface area contributed by atoms with Gasteiger partial charge in [-0.2, -0.15) is 0 Å². The number of aliphatic hydroxyl groups excluding tert-OH is 1. The zero-order chi connectivity index (χ0) is 12.3. The molecule has 1 aliphatic carbocycles. The molecule has 4 heteroatoms. The number of nitrogens with zero attached hydrogens (tertiary/aromatic N) is 1. The van der Waals surface area contributed by atoms with Gasteiger partial charge in [0, 0.05) is 6.04 Å². The second-order valence-corrected chi connectivity index (χ2v) is 4.94. The molecule has 0 aliphatic heterocycles. The van der Waals surface area contributed by atoms with Crippen molar-refractivity contribution in [1.82, 2.24) is 10.3 Å². The normalized spacial score (nSPS) is 25.8. The molecule has 0 aromatic carbocycles. The van der Waals surface area contributed by atoms with Crippen LogP contribution in [0.5, 0.6) is 0 Å². The van der Waals surface area contributed by atoms with Gasteiger partial charge in [0.2, 0.25) is 5.89 Å². The largest absolute Gasteiger partial charge is 0.444 e. The van der Waals surface area contributed by atoms with Crippen LogP contribution < -0.4 is 5.32 Å². The zero-order valence-electron chi connectivity index (χ0n) is 10.7. The van der Waals surface area contributed by atoms with Gasteiger partial charge in [0.25, 0.3) is 0 Å². The number of aryl methyl sites for hydroxylation is 2. The maximum Gasteiger partial charge on any atom is 0.208 e. The van der Waals surface area contributed by atoms with Crippen LogP contribution in [-0.2, 0) is 6.54 Å². The summed E-state index contributed by atoms with van der Waals surface area (Å²) in [5, 5.41) is 13.3. The third-order valence-corrected chi connectivity index (χ3v) is 3.57. The fourth-order valence-electron chi connectivity index (χ4n) is 2.36. The molecular weight excluding hydrogens is 216 g/mol. The van der Waals surface area contributed by atoms with Crippen molar-refractivity contribution in [1.29, 1.82) is 0 Å². The predicted octanol–water partition coefficient (Wildman–Crippen LogP) is 2.07. The summed E-state index contributed by atoms with van der Waals surface area (Å²) < 4.78 is 5.52. The average Bonchev–Trinajstić information content (AvgIpc) is 2.50. The summed E-state index contributed by atoms with van der Waals surface area (Å²) in [5.41, 5.74) is 0.947. The highest BCUT2D eigenvalue weighted by Gasteiger charge is 2.21. The summed E-state index contributed by atoms with van der Waals surface area (Å²) in [7, 11) is 0. The summed E-state index contributed by atoms with van der Waals surface area (Å²) in [5.74, 6) is 1.60. The molecule has 0 radical (unpaired) electrons. The van der Waals surface area contributed by atoms with Crippen LogP contribution in [0.3, 0.4) is 0 Å². The van der Waals surface area contributed by atoms with Gasteiger partial charge in [0.05, 0.1) is 18.3 Å². The molecule has 0 saturated heterocycles. The molecule has 1 aromatic rings. The van der Waals surface area contributed by atoms with Crippen LogP contribution in [0, 0.1) is 13.8 Å². The first-order chi connectivity index (χ1) is 8.16. The number of hydrogen-bond acceptors (Lipinski definition) is 4. The third kappa shape index (κ3) is 3.30. The van der Waals surface area contributed by atoms with Crippen molar-refractivity contribution in [2.24, 2.45) is 0 Å². The standard InChI is InChI=1S/C13H22N2O2/c1-9-10(2)17-13(15-9)8-14-11-6-4-3-5-7-12(11)16/h11-12,14,16H,3-8H2,1-2H3. The van der Waals surface area contributed by atoms with Gasteiger partial charge in [0.1, 0.15) is 5.76 Å². The Kier molecular flexibility index (Phi) is 4.18. The molecule has 17 heavy (non-hydrogen) atoms. The van der Waals surface area contributed by atoms with E-state index < -0.39 is 0 Å². The number of rotatable bonds is 3. The van der Waals surface area contributed by atoms with E-state index in [1.807, 2.05) is 13.8 Å². The topological polar surface area (TPSA) is 58.3 Å². The van der Waals surface area contributed by atoms with E-state index in [-0.39, 0.29) is 12.1 Å². The van der Waals surface area contributed by atoms with Crippen molar-refractivity contribution >= 4 is 0 Å². The van der Waals surface area contributed by atoms with E-state index in [1.54, 1.807) is 0 Å². The van der Waals surface area contributed by atoms with E-state index in [2.05, 4.69) is 10.3 Å². The molecule has 96 valence electrons. The number of oxazole rings is 1. The van der Waals surface area contributed by atoms with Crippen LogP contribution in [0.2, 0.25) is 0 Å². The van der Waals surface area contributed by atoms with E-state index in [0.717, 1.165) is 36.6 Å². The first-order valence-electron chi connectivity index (χ1n) is 6.51. The molecule has 1 fully saturated rings. The molecule has 2 N–H and O–H groups in total. The Morgan fingerprint density at radius 3 is 2.76 bits per heavy atom. The van der Waals surface area contributed by atoms with Gasteiger partial charge in [-0.25, -0.2) is 4.98 Å². The number of hydrogen-bond donors (Lipinski definition) is 2. The second-order valence-electron chi connectivity index (χ2n) is 4.94. The van der Waals surface area contributed by atoms with Gasteiger partial charge in [0.15, 0.2) is 0 Å². The van der Waals surface area contributed by atoms with Gasteiger partial charge in [-0.3, -0.25) is 0 Å². The maximum absolute atomic E-state index is 9.97. The van der Waals surface area contributed by atoms with Crippen LogP contribution >= 0.6 is 0 Å². The van der Waals surface area contributed by atoms with E-state index in [0.29, 0.717) is 6.54 Å². The Labute approximate surface area is 102 Å². The van der Waals surface area contributed by atoms with Crippen molar-refractivity contribution in [2.45, 2.75) is 64.6 Å². The molecule has 1 saturated carbocycles. The highest BCUT2D eigenvalue weighted by atomic mass is 16.4. The molecule has 1 aliphatic rings. The van der Waals surface area contributed by atoms with E-state index in [9.17, 15) is 5.11 Å². The molecule has 4 nitrogen and oxygen atoms in total. The first-order valence-corrected chi connectivity index (χ1v) is 6.51. The Bertz CT molecular complexity index is 343. The minimum Gasteiger partial charge on any atom is -0.444 e. The fourth-order valence-corrected chi connectivity index (χ4v) is 2.36. The van der Waals surface area contributed by atoms with Crippen LogP contribution in [0.15, 0.2) is 4.42 Å². The SMILES string of the molecule is Cc1nc(CNC2CCCCCC2O)oc1C. The molecule has 2 unspecified atom stereocenters. The molecule has 2 atom stereocenters. The Balaban J connectivity index is 1.88. The lowest BCUT2D eigenvalue weighted by molar-refractivity contribution is 0.118.